The molecule has 2 saturated heterocycles. The summed E-state index contributed by atoms with van der Waals surface area (Å²) in [7, 11) is 0. The van der Waals surface area contributed by atoms with E-state index in [-0.39, 0.29) is 17.9 Å². The molecule has 25 heavy (non-hydrogen) atoms. The van der Waals surface area contributed by atoms with Crippen LogP contribution in [-0.4, -0.2) is 48.2 Å². The average Bonchev–Trinajstić information content (AvgIpc) is 3.30. The van der Waals surface area contributed by atoms with Gasteiger partial charge in [-0.05, 0) is 38.1 Å². The lowest BCUT2D eigenvalue weighted by atomic mass is 9.94. The summed E-state index contributed by atoms with van der Waals surface area (Å²) in [5, 5.41) is 0. The molecule has 0 N–H and O–H groups in total. The van der Waals surface area contributed by atoms with E-state index in [1.807, 2.05) is 36.9 Å². The van der Waals surface area contributed by atoms with Crippen molar-refractivity contribution in [1.29, 1.82) is 0 Å². The van der Waals surface area contributed by atoms with E-state index in [9.17, 15) is 4.79 Å². The van der Waals surface area contributed by atoms with Gasteiger partial charge in [0.05, 0.1) is 25.5 Å². The molecule has 4 rings (SSSR count). The lowest BCUT2D eigenvalue weighted by Crippen LogP contribution is -2.31. The molecule has 2 fully saturated rings. The second-order valence-electron chi connectivity index (χ2n) is 6.86. The Labute approximate surface area is 146 Å². The maximum Gasteiger partial charge on any atom is 0.289 e. The van der Waals surface area contributed by atoms with Gasteiger partial charge >= 0.3 is 0 Å². The normalized spacial score (nSPS) is 25.2. The first-order valence-electron chi connectivity index (χ1n) is 8.63. The molecule has 0 bridgehead atoms. The molecular formula is C19H22N2O4. The van der Waals surface area contributed by atoms with E-state index >= 15 is 0 Å². The number of fused-ring (bicyclic) bond motifs is 1. The minimum atomic E-state index is -0.0616. The number of hydrogen-bond acceptors (Lipinski definition) is 5. The highest BCUT2D eigenvalue weighted by Crippen LogP contribution is 2.34. The van der Waals surface area contributed by atoms with Crippen molar-refractivity contribution in [1.82, 2.24) is 9.88 Å². The molecule has 0 radical (unpaired) electrons. The SMILES string of the molecule is Cc1ccc(OC[C@H]2CO[C@@H]3CN(C(=O)c4ccc(C)o4)C[C@H]23)cn1. The first-order chi connectivity index (χ1) is 12.1. The van der Waals surface area contributed by atoms with Crippen molar-refractivity contribution in [2.24, 2.45) is 11.8 Å². The maximum absolute atomic E-state index is 12.5. The number of rotatable bonds is 4. The number of nitrogens with zero attached hydrogens (tertiary/aromatic N) is 2. The van der Waals surface area contributed by atoms with Crippen LogP contribution in [-0.2, 0) is 4.74 Å². The molecule has 0 unspecified atom stereocenters. The van der Waals surface area contributed by atoms with Crippen LogP contribution in [0.2, 0.25) is 0 Å². The highest BCUT2D eigenvalue weighted by Gasteiger charge is 2.46. The minimum Gasteiger partial charge on any atom is -0.492 e. The third-order valence-electron chi connectivity index (χ3n) is 5.03. The van der Waals surface area contributed by atoms with E-state index in [1.165, 1.54) is 0 Å². The molecule has 2 aromatic heterocycles. The fourth-order valence-electron chi connectivity index (χ4n) is 3.58. The number of aromatic nitrogens is 1. The van der Waals surface area contributed by atoms with Crippen molar-refractivity contribution in [2.45, 2.75) is 20.0 Å². The van der Waals surface area contributed by atoms with Crippen LogP contribution in [0.5, 0.6) is 5.75 Å². The highest BCUT2D eigenvalue weighted by molar-refractivity contribution is 5.91. The van der Waals surface area contributed by atoms with E-state index in [1.54, 1.807) is 12.3 Å². The van der Waals surface area contributed by atoms with Gasteiger partial charge in [0.15, 0.2) is 5.76 Å². The van der Waals surface area contributed by atoms with E-state index in [0.29, 0.717) is 38.0 Å². The summed E-state index contributed by atoms with van der Waals surface area (Å²) >= 11 is 0. The lowest BCUT2D eigenvalue weighted by Gasteiger charge is -2.19. The summed E-state index contributed by atoms with van der Waals surface area (Å²) in [5.74, 6) is 2.44. The van der Waals surface area contributed by atoms with Crippen LogP contribution < -0.4 is 4.74 Å². The Balaban J connectivity index is 1.36. The summed E-state index contributed by atoms with van der Waals surface area (Å²) in [6, 6.07) is 7.41. The third kappa shape index (κ3) is 3.26. The van der Waals surface area contributed by atoms with Crippen molar-refractivity contribution in [2.75, 3.05) is 26.3 Å². The van der Waals surface area contributed by atoms with Crippen molar-refractivity contribution in [3.8, 4) is 5.75 Å². The van der Waals surface area contributed by atoms with Crippen molar-refractivity contribution in [3.05, 3.63) is 47.7 Å². The van der Waals surface area contributed by atoms with Gasteiger partial charge < -0.3 is 18.8 Å². The molecule has 6 nitrogen and oxygen atoms in total. The zero-order chi connectivity index (χ0) is 17.4. The predicted octanol–water partition coefficient (Wildman–Crippen LogP) is 2.46. The van der Waals surface area contributed by atoms with Crippen molar-refractivity contribution < 1.29 is 18.7 Å². The molecule has 2 aliphatic rings. The number of carbonyl (C=O) groups excluding carboxylic acids is 1. The minimum absolute atomic E-state index is 0.0616. The van der Waals surface area contributed by atoms with Crippen LogP contribution in [0, 0.1) is 25.7 Å². The van der Waals surface area contributed by atoms with Crippen molar-refractivity contribution in [3.63, 3.8) is 0 Å². The first kappa shape index (κ1) is 16.1. The largest absolute Gasteiger partial charge is 0.492 e. The molecular weight excluding hydrogens is 320 g/mol. The number of hydrogen-bond donors (Lipinski definition) is 0. The molecule has 1 amide bonds. The van der Waals surface area contributed by atoms with Crippen molar-refractivity contribution >= 4 is 5.91 Å². The van der Waals surface area contributed by atoms with Gasteiger partial charge in [-0.25, -0.2) is 0 Å². The van der Waals surface area contributed by atoms with Crippen LogP contribution in [0.3, 0.4) is 0 Å². The molecule has 2 aliphatic heterocycles. The van der Waals surface area contributed by atoms with Gasteiger partial charge in [-0.3, -0.25) is 9.78 Å². The monoisotopic (exact) mass is 342 g/mol. The zero-order valence-corrected chi connectivity index (χ0v) is 14.5. The lowest BCUT2D eigenvalue weighted by molar-refractivity contribution is 0.0635. The van der Waals surface area contributed by atoms with E-state index in [2.05, 4.69) is 4.98 Å². The average molecular weight is 342 g/mol. The van der Waals surface area contributed by atoms with Gasteiger partial charge in [0.1, 0.15) is 11.5 Å². The summed E-state index contributed by atoms with van der Waals surface area (Å²) in [5.41, 5.74) is 0.967. The molecule has 6 heteroatoms. The fourth-order valence-corrected chi connectivity index (χ4v) is 3.58. The number of likely N-dealkylation sites (tertiary alicyclic amines) is 1. The van der Waals surface area contributed by atoms with Crippen LogP contribution in [0.25, 0.3) is 0 Å². The Morgan fingerprint density at radius 2 is 2.16 bits per heavy atom. The Kier molecular flexibility index (Phi) is 4.21. The van der Waals surface area contributed by atoms with E-state index in [4.69, 9.17) is 13.9 Å². The number of furan rings is 1. The predicted molar refractivity (Wildman–Crippen MR) is 90.5 cm³/mol. The molecule has 4 heterocycles. The van der Waals surface area contributed by atoms with Gasteiger partial charge in [0.25, 0.3) is 5.91 Å². The quantitative estimate of drug-likeness (QED) is 0.854. The van der Waals surface area contributed by atoms with Crippen LogP contribution in [0.15, 0.2) is 34.9 Å². The van der Waals surface area contributed by atoms with E-state index < -0.39 is 0 Å². The highest BCUT2D eigenvalue weighted by atomic mass is 16.5. The van der Waals surface area contributed by atoms with E-state index in [0.717, 1.165) is 17.2 Å². The zero-order valence-electron chi connectivity index (χ0n) is 14.5. The molecule has 2 aromatic rings. The molecule has 0 aromatic carbocycles. The number of amides is 1. The second-order valence-corrected chi connectivity index (χ2v) is 6.86. The van der Waals surface area contributed by atoms with Crippen LogP contribution in [0.1, 0.15) is 22.0 Å². The Bertz CT molecular complexity index is 755. The third-order valence-corrected chi connectivity index (χ3v) is 5.03. The standard InChI is InChI=1S/C19H22N2O4/c1-12-3-5-15(7-20-12)23-10-14-11-24-18-9-21(8-16(14)18)19(22)17-6-4-13(2)25-17/h3-7,14,16,18H,8-11H2,1-2H3/t14-,16+,18+/m0/s1. The number of aryl methyl sites for hydroxylation is 2. The summed E-state index contributed by atoms with van der Waals surface area (Å²) in [6.45, 7) is 6.34. The first-order valence-corrected chi connectivity index (χ1v) is 8.63. The van der Waals surface area contributed by atoms with Crippen LogP contribution in [0.4, 0.5) is 0 Å². The number of carbonyl (C=O) groups is 1. The number of ether oxygens (including phenoxy) is 2. The molecule has 0 aliphatic carbocycles. The Morgan fingerprint density at radius 3 is 2.88 bits per heavy atom. The van der Waals surface area contributed by atoms with Gasteiger partial charge in [0.2, 0.25) is 0 Å². The summed E-state index contributed by atoms with van der Waals surface area (Å²) in [4.78, 5) is 18.6. The molecule has 0 saturated carbocycles. The second kappa shape index (κ2) is 6.52. The van der Waals surface area contributed by atoms with Gasteiger partial charge in [0, 0.05) is 30.6 Å². The van der Waals surface area contributed by atoms with Gasteiger partial charge in [-0.15, -0.1) is 0 Å². The summed E-state index contributed by atoms with van der Waals surface area (Å²) < 4.78 is 17.2. The molecule has 3 atom stereocenters. The van der Waals surface area contributed by atoms with Crippen LogP contribution >= 0.6 is 0 Å². The van der Waals surface area contributed by atoms with Gasteiger partial charge in [-0.1, -0.05) is 0 Å². The molecule has 0 spiro atoms. The smallest absolute Gasteiger partial charge is 0.289 e. The number of pyridine rings is 1. The van der Waals surface area contributed by atoms with Gasteiger partial charge in [-0.2, -0.15) is 0 Å². The Hall–Kier alpha value is -2.34. The topological polar surface area (TPSA) is 64.8 Å². The maximum atomic E-state index is 12.5. The Morgan fingerprint density at radius 1 is 1.28 bits per heavy atom. The molecule has 132 valence electrons. The summed E-state index contributed by atoms with van der Waals surface area (Å²) in [6.07, 6.45) is 1.83. The fraction of sp³-hybridized carbons (Fsp3) is 0.474.